The number of rotatable bonds is 7. The normalized spacial score (nSPS) is 12.2. The highest BCUT2D eigenvalue weighted by Gasteiger charge is 2.07. The summed E-state index contributed by atoms with van der Waals surface area (Å²) < 4.78 is 18.0. The smallest absolute Gasteiger partial charge is 0.141 e. The largest absolute Gasteiger partial charge is 0.502 e. The molecule has 1 rings (SSSR count). The van der Waals surface area contributed by atoms with E-state index in [9.17, 15) is 4.39 Å². The van der Waals surface area contributed by atoms with Gasteiger partial charge in [-0.2, -0.15) is 0 Å². The Hall–Kier alpha value is -1.06. The average Bonchev–Trinajstić information content (AvgIpc) is 2.32. The minimum atomic E-state index is -0.387. The summed E-state index contributed by atoms with van der Waals surface area (Å²) in [4.78, 5) is 0. The van der Waals surface area contributed by atoms with Crippen LogP contribution in [0, 0.1) is 5.82 Å². The zero-order chi connectivity index (χ0) is 12.7. The van der Waals surface area contributed by atoms with Crippen LogP contribution in [0.15, 0.2) is 31.0 Å². The van der Waals surface area contributed by atoms with E-state index < -0.39 is 0 Å². The lowest BCUT2D eigenvalue weighted by atomic mass is 10.1. The van der Waals surface area contributed by atoms with E-state index in [-0.39, 0.29) is 16.9 Å². The van der Waals surface area contributed by atoms with E-state index in [0.717, 1.165) is 18.5 Å². The summed E-state index contributed by atoms with van der Waals surface area (Å²) in [5.74, 6) is -0.387. The predicted molar refractivity (Wildman–Crippen MR) is 68.6 cm³/mol. The molecular weight excluding hydrogens is 241 g/mol. The van der Waals surface area contributed by atoms with Crippen molar-refractivity contribution in [3.8, 4) is 0 Å². The highest BCUT2D eigenvalue weighted by Crippen LogP contribution is 2.20. The number of benzene rings is 1. The van der Waals surface area contributed by atoms with Gasteiger partial charge < -0.3 is 10.1 Å². The third kappa shape index (κ3) is 4.75. The quantitative estimate of drug-likeness (QED) is 0.594. The molecule has 0 fully saturated rings. The number of hydrogen-bond acceptors (Lipinski definition) is 2. The summed E-state index contributed by atoms with van der Waals surface area (Å²) in [6.07, 6.45) is 2.33. The van der Waals surface area contributed by atoms with Crippen molar-refractivity contribution in [3.63, 3.8) is 0 Å². The average molecular weight is 258 g/mol. The summed E-state index contributed by atoms with van der Waals surface area (Å²) in [6, 6.07) is 4.90. The summed E-state index contributed by atoms with van der Waals surface area (Å²) in [6.45, 7) is 6.95. The first-order valence-electron chi connectivity index (χ1n) is 5.56. The molecule has 1 atom stereocenters. The van der Waals surface area contributed by atoms with E-state index in [1.54, 1.807) is 12.1 Å². The van der Waals surface area contributed by atoms with Crippen LogP contribution in [0.2, 0.25) is 5.02 Å². The van der Waals surface area contributed by atoms with E-state index in [1.165, 1.54) is 12.3 Å². The molecule has 1 N–H and O–H groups in total. The molecule has 0 saturated heterocycles. The fraction of sp³-hybridized carbons (Fsp3) is 0.385. The van der Waals surface area contributed by atoms with Crippen LogP contribution >= 0.6 is 11.6 Å². The van der Waals surface area contributed by atoms with Gasteiger partial charge in [-0.25, -0.2) is 4.39 Å². The van der Waals surface area contributed by atoms with Gasteiger partial charge in [0.1, 0.15) is 5.82 Å². The van der Waals surface area contributed by atoms with Crippen molar-refractivity contribution in [1.29, 1.82) is 0 Å². The number of nitrogens with one attached hydrogen (secondary N) is 1. The Bertz CT molecular complexity index is 370. The van der Waals surface area contributed by atoms with Crippen molar-refractivity contribution < 1.29 is 9.13 Å². The van der Waals surface area contributed by atoms with Gasteiger partial charge in [0.05, 0.1) is 17.9 Å². The fourth-order valence-electron chi connectivity index (χ4n) is 1.46. The standard InChI is InChI=1S/C13H17ClFNO/c1-3-17-8-4-7-16-10(2)11-5-6-13(15)12(14)9-11/h3,5-6,9-10,16H,1,4,7-8H2,2H3. The van der Waals surface area contributed by atoms with Crippen LogP contribution in [-0.4, -0.2) is 13.2 Å². The lowest BCUT2D eigenvalue weighted by Gasteiger charge is -2.14. The van der Waals surface area contributed by atoms with E-state index in [4.69, 9.17) is 16.3 Å². The van der Waals surface area contributed by atoms with Crippen LogP contribution in [0.5, 0.6) is 0 Å². The van der Waals surface area contributed by atoms with Crippen molar-refractivity contribution >= 4 is 11.6 Å². The molecule has 0 aromatic heterocycles. The molecule has 0 aliphatic rings. The predicted octanol–water partition coefficient (Wildman–Crippen LogP) is 3.68. The highest BCUT2D eigenvalue weighted by molar-refractivity contribution is 6.30. The Morgan fingerprint density at radius 3 is 3.00 bits per heavy atom. The van der Waals surface area contributed by atoms with Crippen LogP contribution < -0.4 is 5.32 Å². The summed E-state index contributed by atoms with van der Waals surface area (Å²) in [5, 5.41) is 3.47. The first kappa shape index (κ1) is 14.0. The zero-order valence-electron chi connectivity index (χ0n) is 9.88. The van der Waals surface area contributed by atoms with Gasteiger partial charge in [-0.3, -0.25) is 0 Å². The summed E-state index contributed by atoms with van der Waals surface area (Å²) >= 11 is 5.73. The van der Waals surface area contributed by atoms with Crippen molar-refractivity contribution in [2.24, 2.45) is 0 Å². The molecule has 0 saturated carbocycles. The van der Waals surface area contributed by atoms with Crippen molar-refractivity contribution in [1.82, 2.24) is 5.32 Å². The minimum Gasteiger partial charge on any atom is -0.502 e. The molecule has 17 heavy (non-hydrogen) atoms. The molecule has 1 unspecified atom stereocenters. The van der Waals surface area contributed by atoms with Gasteiger partial charge in [0.15, 0.2) is 0 Å². The van der Waals surface area contributed by atoms with Gasteiger partial charge in [-0.1, -0.05) is 24.2 Å². The molecule has 0 amide bonds. The second kappa shape index (κ2) is 7.30. The second-order valence-corrected chi connectivity index (χ2v) is 4.15. The molecule has 1 aromatic carbocycles. The third-order valence-corrected chi connectivity index (χ3v) is 2.74. The molecule has 2 nitrogen and oxygen atoms in total. The lowest BCUT2D eigenvalue weighted by Crippen LogP contribution is -2.20. The Morgan fingerprint density at radius 2 is 2.35 bits per heavy atom. The van der Waals surface area contributed by atoms with E-state index >= 15 is 0 Å². The van der Waals surface area contributed by atoms with Gasteiger partial charge in [0, 0.05) is 6.04 Å². The topological polar surface area (TPSA) is 21.3 Å². The summed E-state index contributed by atoms with van der Waals surface area (Å²) in [7, 11) is 0. The first-order valence-corrected chi connectivity index (χ1v) is 5.93. The minimum absolute atomic E-state index is 0.136. The van der Waals surface area contributed by atoms with Crippen molar-refractivity contribution in [2.45, 2.75) is 19.4 Å². The Balaban J connectivity index is 2.38. The van der Waals surface area contributed by atoms with Crippen LogP contribution in [0.1, 0.15) is 24.9 Å². The number of hydrogen-bond donors (Lipinski definition) is 1. The monoisotopic (exact) mass is 257 g/mol. The fourth-order valence-corrected chi connectivity index (χ4v) is 1.65. The zero-order valence-corrected chi connectivity index (χ0v) is 10.6. The Morgan fingerprint density at radius 1 is 1.59 bits per heavy atom. The molecule has 0 heterocycles. The summed E-state index contributed by atoms with van der Waals surface area (Å²) in [5.41, 5.74) is 0.973. The van der Waals surface area contributed by atoms with E-state index in [2.05, 4.69) is 11.9 Å². The van der Waals surface area contributed by atoms with Crippen LogP contribution in [0.25, 0.3) is 0 Å². The molecule has 4 heteroatoms. The molecule has 1 aromatic rings. The SMILES string of the molecule is C=COCCCNC(C)c1ccc(F)c(Cl)c1. The molecule has 0 bridgehead atoms. The maximum Gasteiger partial charge on any atom is 0.141 e. The third-order valence-electron chi connectivity index (χ3n) is 2.45. The second-order valence-electron chi connectivity index (χ2n) is 3.74. The van der Waals surface area contributed by atoms with Gasteiger partial charge in [0.2, 0.25) is 0 Å². The van der Waals surface area contributed by atoms with Crippen LogP contribution in [0.3, 0.4) is 0 Å². The number of halogens is 2. The van der Waals surface area contributed by atoms with E-state index in [0.29, 0.717) is 6.61 Å². The molecule has 0 aliphatic heterocycles. The lowest BCUT2D eigenvalue weighted by molar-refractivity contribution is 0.243. The van der Waals surface area contributed by atoms with Gasteiger partial charge in [0.25, 0.3) is 0 Å². The highest BCUT2D eigenvalue weighted by atomic mass is 35.5. The van der Waals surface area contributed by atoms with Crippen LogP contribution in [0.4, 0.5) is 4.39 Å². The van der Waals surface area contributed by atoms with Gasteiger partial charge in [-0.05, 0) is 37.6 Å². The van der Waals surface area contributed by atoms with Gasteiger partial charge >= 0.3 is 0 Å². The van der Waals surface area contributed by atoms with Crippen LogP contribution in [-0.2, 0) is 4.74 Å². The van der Waals surface area contributed by atoms with Crippen molar-refractivity contribution in [2.75, 3.05) is 13.2 Å². The van der Waals surface area contributed by atoms with E-state index in [1.807, 2.05) is 6.92 Å². The maximum atomic E-state index is 13.0. The molecular formula is C13H17ClFNO. The Labute approximate surface area is 106 Å². The molecule has 94 valence electrons. The molecule has 0 aliphatic carbocycles. The van der Waals surface area contributed by atoms with Gasteiger partial charge in [-0.15, -0.1) is 0 Å². The Kier molecular flexibility index (Phi) is 6.01. The molecule has 0 radical (unpaired) electrons. The maximum absolute atomic E-state index is 13.0. The first-order chi connectivity index (χ1) is 8.15. The van der Waals surface area contributed by atoms with Crippen molar-refractivity contribution in [3.05, 3.63) is 47.4 Å². The molecule has 0 spiro atoms. The number of ether oxygens (including phenoxy) is 1.